The Bertz CT molecular complexity index is 1300. The Morgan fingerprint density at radius 3 is 2.60 bits per heavy atom. The topological polar surface area (TPSA) is 93.6 Å². The molecule has 7 nitrogen and oxygen atoms in total. The van der Waals surface area contributed by atoms with Crippen molar-refractivity contribution in [3.05, 3.63) is 78.3 Å². The third-order valence-corrected chi connectivity index (χ3v) is 7.33. The number of benzene rings is 2. The Morgan fingerprint density at radius 2 is 1.87 bits per heavy atom. The fourth-order valence-corrected chi connectivity index (χ4v) is 5.21. The predicted octanol–water partition coefficient (Wildman–Crippen LogP) is 3.53. The van der Waals surface area contributed by atoms with Gasteiger partial charge in [-0.1, -0.05) is 35.5 Å². The van der Waals surface area contributed by atoms with Crippen molar-refractivity contribution in [1.29, 1.82) is 0 Å². The Kier molecular flexibility index (Phi) is 4.43. The van der Waals surface area contributed by atoms with Crippen LogP contribution in [0.4, 0.5) is 0 Å². The fourth-order valence-electron chi connectivity index (χ4n) is 3.60. The van der Waals surface area contributed by atoms with Crippen LogP contribution in [0, 0.1) is 0 Å². The predicted molar refractivity (Wildman–Crippen MR) is 110 cm³/mol. The molecule has 0 bridgehead atoms. The van der Waals surface area contributed by atoms with E-state index in [1.54, 1.807) is 35.2 Å². The van der Waals surface area contributed by atoms with Crippen LogP contribution in [0.2, 0.25) is 0 Å². The lowest BCUT2D eigenvalue weighted by atomic mass is 10.0. The van der Waals surface area contributed by atoms with Crippen molar-refractivity contribution in [2.75, 3.05) is 13.1 Å². The van der Waals surface area contributed by atoms with Gasteiger partial charge in [-0.25, -0.2) is 8.42 Å². The quantitative estimate of drug-likeness (QED) is 0.488. The Balaban J connectivity index is 1.34. The number of carbonyl (C=O) groups is 1. The van der Waals surface area contributed by atoms with E-state index in [0.29, 0.717) is 22.6 Å². The molecule has 0 atom stereocenters. The Hall–Kier alpha value is -3.39. The van der Waals surface area contributed by atoms with Gasteiger partial charge in [0.05, 0.1) is 16.9 Å². The zero-order chi connectivity index (χ0) is 20.7. The van der Waals surface area contributed by atoms with Crippen molar-refractivity contribution in [3.8, 4) is 11.3 Å². The number of rotatable bonds is 5. The number of furan rings is 1. The van der Waals surface area contributed by atoms with Gasteiger partial charge in [0.2, 0.25) is 0 Å². The van der Waals surface area contributed by atoms with Crippen molar-refractivity contribution in [1.82, 2.24) is 10.1 Å². The minimum absolute atomic E-state index is 0.153. The van der Waals surface area contributed by atoms with Crippen LogP contribution in [0.5, 0.6) is 0 Å². The zero-order valence-corrected chi connectivity index (χ0v) is 16.7. The van der Waals surface area contributed by atoms with Gasteiger partial charge in [-0.2, -0.15) is 0 Å². The van der Waals surface area contributed by atoms with Gasteiger partial charge in [-0.3, -0.25) is 4.79 Å². The third kappa shape index (κ3) is 3.29. The molecule has 0 saturated carbocycles. The summed E-state index contributed by atoms with van der Waals surface area (Å²) < 4.78 is 35.6. The van der Waals surface area contributed by atoms with Crippen LogP contribution in [0.3, 0.4) is 0 Å². The molecule has 5 rings (SSSR count). The molecule has 8 heteroatoms. The summed E-state index contributed by atoms with van der Waals surface area (Å²) >= 11 is 0. The Morgan fingerprint density at radius 1 is 1.07 bits per heavy atom. The highest BCUT2D eigenvalue weighted by atomic mass is 32.2. The Labute approximate surface area is 172 Å². The molecule has 1 aliphatic heterocycles. The highest BCUT2D eigenvalue weighted by Gasteiger charge is 2.40. The maximum Gasteiger partial charge on any atom is 0.253 e. The van der Waals surface area contributed by atoms with E-state index in [0.717, 1.165) is 10.9 Å². The number of nitrogens with zero attached hydrogens (tertiary/aromatic N) is 2. The van der Waals surface area contributed by atoms with E-state index >= 15 is 0 Å². The van der Waals surface area contributed by atoms with Gasteiger partial charge in [-0.05, 0) is 30.3 Å². The maximum absolute atomic E-state index is 12.9. The van der Waals surface area contributed by atoms with Crippen LogP contribution in [0.1, 0.15) is 16.1 Å². The minimum atomic E-state index is -3.38. The number of hydrogen-bond donors (Lipinski definition) is 0. The van der Waals surface area contributed by atoms with E-state index in [4.69, 9.17) is 8.94 Å². The molecular formula is C22H18N2O5S. The second kappa shape index (κ2) is 7.14. The molecule has 0 N–H and O–H groups in total. The number of fused-ring (bicyclic) bond motifs is 1. The van der Waals surface area contributed by atoms with Gasteiger partial charge in [0, 0.05) is 24.2 Å². The van der Waals surface area contributed by atoms with E-state index in [1.807, 2.05) is 30.3 Å². The standard InChI is InChI=1S/C22H18N2O5S/c25-22(24-12-18(13-24)30(26,27)14-17-7-4-10-28-17)16-8-9-20-19(11-16)21(29-23-20)15-5-2-1-3-6-15/h1-11,18H,12-14H2. The second-order valence-electron chi connectivity index (χ2n) is 7.33. The lowest BCUT2D eigenvalue weighted by Gasteiger charge is -2.38. The molecule has 3 heterocycles. The number of carbonyl (C=O) groups excluding carboxylic acids is 1. The largest absolute Gasteiger partial charge is 0.468 e. The summed E-state index contributed by atoms with van der Waals surface area (Å²) in [7, 11) is -3.38. The number of sulfone groups is 1. The second-order valence-corrected chi connectivity index (χ2v) is 9.61. The molecule has 4 aromatic rings. The van der Waals surface area contributed by atoms with Gasteiger partial charge < -0.3 is 13.8 Å². The number of likely N-dealkylation sites (tertiary alicyclic amines) is 1. The molecule has 30 heavy (non-hydrogen) atoms. The molecule has 0 unspecified atom stereocenters. The summed E-state index contributed by atoms with van der Waals surface area (Å²) in [5.41, 5.74) is 2.01. The summed E-state index contributed by atoms with van der Waals surface area (Å²) in [6, 6.07) is 18.0. The molecule has 1 amide bonds. The monoisotopic (exact) mass is 422 g/mol. The normalized spacial score (nSPS) is 14.7. The minimum Gasteiger partial charge on any atom is -0.468 e. The summed E-state index contributed by atoms with van der Waals surface area (Å²) in [4.78, 5) is 14.4. The van der Waals surface area contributed by atoms with E-state index in [1.165, 1.54) is 6.26 Å². The van der Waals surface area contributed by atoms with E-state index in [-0.39, 0.29) is 24.7 Å². The van der Waals surface area contributed by atoms with Crippen molar-refractivity contribution >= 4 is 26.6 Å². The SMILES string of the molecule is O=C(c1ccc2noc(-c3ccccc3)c2c1)N1CC(S(=O)(=O)Cc2ccco2)C1. The van der Waals surface area contributed by atoms with Crippen LogP contribution in [-0.2, 0) is 15.6 Å². The molecule has 2 aromatic carbocycles. The third-order valence-electron chi connectivity index (χ3n) is 5.33. The zero-order valence-electron chi connectivity index (χ0n) is 15.9. The van der Waals surface area contributed by atoms with Crippen LogP contribution in [-0.4, -0.2) is 42.7 Å². The number of aromatic nitrogens is 1. The average molecular weight is 422 g/mol. The molecular weight excluding hydrogens is 404 g/mol. The maximum atomic E-state index is 12.9. The summed E-state index contributed by atoms with van der Waals surface area (Å²) in [5.74, 6) is 0.648. The summed E-state index contributed by atoms with van der Waals surface area (Å²) in [6.07, 6.45) is 1.45. The van der Waals surface area contributed by atoms with Crippen LogP contribution >= 0.6 is 0 Å². The first-order valence-corrected chi connectivity index (χ1v) is 11.2. The van der Waals surface area contributed by atoms with Gasteiger partial charge >= 0.3 is 0 Å². The highest BCUT2D eigenvalue weighted by Crippen LogP contribution is 2.30. The van der Waals surface area contributed by atoms with Gasteiger partial charge in [0.15, 0.2) is 15.6 Å². The summed E-state index contributed by atoms with van der Waals surface area (Å²) in [6.45, 7) is 0.351. The number of hydrogen-bond acceptors (Lipinski definition) is 6. The van der Waals surface area contributed by atoms with E-state index in [2.05, 4.69) is 5.16 Å². The van der Waals surface area contributed by atoms with Crippen molar-refractivity contribution in [3.63, 3.8) is 0 Å². The molecule has 2 aromatic heterocycles. The first-order valence-electron chi connectivity index (χ1n) is 9.49. The molecule has 152 valence electrons. The lowest BCUT2D eigenvalue weighted by molar-refractivity contribution is 0.0659. The van der Waals surface area contributed by atoms with Crippen LogP contribution in [0.25, 0.3) is 22.2 Å². The molecule has 1 aliphatic rings. The van der Waals surface area contributed by atoms with Crippen molar-refractivity contribution < 1.29 is 22.2 Å². The van der Waals surface area contributed by atoms with Gasteiger partial charge in [-0.15, -0.1) is 0 Å². The molecule has 0 aliphatic carbocycles. The first kappa shape index (κ1) is 18.6. The van der Waals surface area contributed by atoms with Crippen LogP contribution < -0.4 is 0 Å². The van der Waals surface area contributed by atoms with Crippen molar-refractivity contribution in [2.45, 2.75) is 11.0 Å². The molecule has 0 radical (unpaired) electrons. The van der Waals surface area contributed by atoms with E-state index < -0.39 is 15.1 Å². The lowest BCUT2D eigenvalue weighted by Crippen LogP contribution is -2.57. The molecule has 1 saturated heterocycles. The fraction of sp³-hybridized carbons (Fsp3) is 0.182. The highest BCUT2D eigenvalue weighted by molar-refractivity contribution is 7.91. The first-order chi connectivity index (χ1) is 14.5. The molecule has 1 fully saturated rings. The van der Waals surface area contributed by atoms with Gasteiger partial charge in [0.25, 0.3) is 5.91 Å². The average Bonchev–Trinajstić information content (AvgIpc) is 3.35. The van der Waals surface area contributed by atoms with Gasteiger partial charge in [0.1, 0.15) is 17.0 Å². The van der Waals surface area contributed by atoms with E-state index in [9.17, 15) is 13.2 Å². The molecule has 0 spiro atoms. The summed E-state index contributed by atoms with van der Waals surface area (Å²) in [5, 5.41) is 4.23. The number of amides is 1. The van der Waals surface area contributed by atoms with Crippen LogP contribution in [0.15, 0.2) is 75.9 Å². The smallest absolute Gasteiger partial charge is 0.253 e. The van der Waals surface area contributed by atoms with Crippen molar-refractivity contribution in [2.24, 2.45) is 0 Å².